The van der Waals surface area contributed by atoms with Crippen LogP contribution in [0.3, 0.4) is 0 Å². The van der Waals surface area contributed by atoms with Gasteiger partial charge >= 0.3 is 27.7 Å². The van der Waals surface area contributed by atoms with Gasteiger partial charge in [-0.15, -0.1) is 0 Å². The van der Waals surface area contributed by atoms with Crippen LogP contribution in [-0.4, -0.2) is 24.5 Å². The Hall–Kier alpha value is 0.202. The fourth-order valence-electron chi connectivity index (χ4n) is 2.79. The van der Waals surface area contributed by atoms with Crippen LogP contribution in [0.2, 0.25) is 0 Å². The van der Waals surface area contributed by atoms with Crippen molar-refractivity contribution in [3.63, 3.8) is 0 Å². The van der Waals surface area contributed by atoms with E-state index in [9.17, 15) is 0 Å². The Balaban J connectivity index is 0.00000211. The van der Waals surface area contributed by atoms with Crippen LogP contribution >= 0.6 is 16.8 Å². The molecule has 0 aromatic heterocycles. The Labute approximate surface area is 152 Å². The summed E-state index contributed by atoms with van der Waals surface area (Å²) in [7, 11) is 6.19. The zero-order chi connectivity index (χ0) is 17.8. The predicted octanol–water partition coefficient (Wildman–Crippen LogP) is 5.42. The van der Waals surface area contributed by atoms with Gasteiger partial charge < -0.3 is 9.47 Å². The van der Waals surface area contributed by atoms with Gasteiger partial charge in [-0.05, 0) is 41.5 Å². The molecule has 0 amide bonds. The van der Waals surface area contributed by atoms with E-state index in [-0.39, 0.29) is 10.3 Å². The summed E-state index contributed by atoms with van der Waals surface area (Å²) in [6.07, 6.45) is 0. The van der Waals surface area contributed by atoms with Crippen LogP contribution in [0.15, 0.2) is 18.2 Å². The summed E-state index contributed by atoms with van der Waals surface area (Å²) in [6, 6.07) is 6.17. The van der Waals surface area contributed by atoms with Crippen molar-refractivity contribution in [2.24, 2.45) is 0 Å². The Morgan fingerprint density at radius 3 is 1.41 bits per heavy atom. The van der Waals surface area contributed by atoms with Crippen molar-refractivity contribution in [3.05, 3.63) is 24.9 Å². The molecule has 0 saturated carbocycles. The van der Waals surface area contributed by atoms with Gasteiger partial charge in [-0.25, -0.2) is 0 Å². The molecule has 1 rings (SSSR count). The number of ether oxygens (including phenoxy) is 2. The monoisotopic (exact) mass is 437 g/mol. The molecule has 0 aliphatic rings. The van der Waals surface area contributed by atoms with Crippen molar-refractivity contribution in [2.75, 3.05) is 14.2 Å². The van der Waals surface area contributed by atoms with Crippen LogP contribution in [-0.2, 0) is 18.2 Å². The van der Waals surface area contributed by atoms with E-state index in [1.165, 1.54) is 5.30 Å². The van der Waals surface area contributed by atoms with Gasteiger partial charge in [-0.2, -0.15) is 6.66 Å². The SMILES string of the molecule is [CH2-][P+](c1cc(OC)cc(OC)c1)(C(C)(C)C)C(C)(C)C.[Cl][Pd+]. The topological polar surface area (TPSA) is 18.5 Å². The zero-order valence-corrected chi connectivity index (χ0v) is 18.1. The van der Waals surface area contributed by atoms with Crippen molar-refractivity contribution in [1.29, 1.82) is 0 Å². The van der Waals surface area contributed by atoms with Gasteiger partial charge in [-0.1, -0.05) is 7.26 Å². The summed E-state index contributed by atoms with van der Waals surface area (Å²) in [5, 5.41) is 1.49. The molecule has 0 saturated heterocycles. The molecule has 0 heterocycles. The maximum absolute atomic E-state index is 5.43. The molecule has 0 N–H and O–H groups in total. The average Bonchev–Trinajstić information content (AvgIpc) is 2.45. The third kappa shape index (κ3) is 4.61. The van der Waals surface area contributed by atoms with Crippen LogP contribution in [0.1, 0.15) is 41.5 Å². The number of benzene rings is 1. The van der Waals surface area contributed by atoms with Crippen LogP contribution in [0.25, 0.3) is 0 Å². The summed E-state index contributed by atoms with van der Waals surface area (Å²) >= 11 is 2.22. The standard InChI is InChI=1S/C17H29O2P.ClH.Pd/c1-16(2,3)20(9,17(4,5)6)15-11-13(18-7)10-14(12-15)19-8;;/h10-12H,9H2,1-8H3;1H;/q;;+2/p-1. The molecule has 5 heteroatoms. The minimum atomic E-state index is -1.68. The van der Waals surface area contributed by atoms with Gasteiger partial charge in [0.25, 0.3) is 0 Å². The first-order valence-electron chi connectivity index (χ1n) is 7.06. The van der Waals surface area contributed by atoms with Gasteiger partial charge in [0.1, 0.15) is 11.5 Å². The molecule has 0 aliphatic carbocycles. The Morgan fingerprint density at radius 1 is 0.864 bits per heavy atom. The molecule has 1 aromatic rings. The molecule has 0 aliphatic heterocycles. The minimum absolute atomic E-state index is 0.114. The van der Waals surface area contributed by atoms with E-state index in [0.717, 1.165) is 11.5 Å². The van der Waals surface area contributed by atoms with Crippen LogP contribution in [0, 0.1) is 6.66 Å². The van der Waals surface area contributed by atoms with E-state index in [4.69, 9.17) is 16.1 Å². The van der Waals surface area contributed by atoms with E-state index >= 15 is 0 Å². The summed E-state index contributed by atoms with van der Waals surface area (Å²) in [6.45, 7) is 18.4. The van der Waals surface area contributed by atoms with E-state index < -0.39 is 7.26 Å². The Bertz CT molecular complexity index is 442. The normalized spacial score (nSPS) is 12.4. The Morgan fingerprint density at radius 2 is 1.18 bits per heavy atom. The number of hydrogen-bond acceptors (Lipinski definition) is 2. The second-order valence-corrected chi connectivity index (χ2v) is 12.0. The first-order chi connectivity index (χ1) is 9.97. The van der Waals surface area contributed by atoms with Crippen molar-refractivity contribution in [1.82, 2.24) is 0 Å². The second-order valence-electron chi connectivity index (χ2n) is 7.22. The van der Waals surface area contributed by atoms with Crippen LogP contribution in [0.4, 0.5) is 0 Å². The molecule has 0 spiro atoms. The van der Waals surface area contributed by atoms with Crippen molar-refractivity contribution >= 4 is 22.1 Å². The molecule has 1 aromatic carbocycles. The summed E-state index contributed by atoms with van der Waals surface area (Å²) in [5.74, 6) is 1.67. The van der Waals surface area contributed by atoms with Crippen LogP contribution < -0.4 is 14.8 Å². The molecule has 0 radical (unpaired) electrons. The van der Waals surface area contributed by atoms with E-state index in [1.807, 2.05) is 6.07 Å². The summed E-state index contributed by atoms with van der Waals surface area (Å²) in [4.78, 5) is 0. The van der Waals surface area contributed by atoms with Crippen molar-refractivity contribution in [3.8, 4) is 11.5 Å². The quantitative estimate of drug-likeness (QED) is 0.357. The van der Waals surface area contributed by atoms with Gasteiger partial charge in [0, 0.05) is 18.2 Å². The molecule has 2 nitrogen and oxygen atoms in total. The van der Waals surface area contributed by atoms with Gasteiger partial charge in [0.15, 0.2) is 0 Å². The fraction of sp³-hybridized carbons (Fsp3) is 0.588. The van der Waals surface area contributed by atoms with E-state index in [0.29, 0.717) is 0 Å². The maximum atomic E-state index is 5.43. The predicted molar refractivity (Wildman–Crippen MR) is 96.8 cm³/mol. The summed E-state index contributed by atoms with van der Waals surface area (Å²) < 4.78 is 10.9. The molecule has 22 heavy (non-hydrogen) atoms. The molecule has 0 unspecified atom stereocenters. The number of hydrogen-bond donors (Lipinski definition) is 0. The van der Waals surface area contributed by atoms with E-state index in [1.54, 1.807) is 14.2 Å². The van der Waals surface area contributed by atoms with Crippen molar-refractivity contribution in [2.45, 2.75) is 51.9 Å². The third-order valence-corrected chi connectivity index (χ3v) is 9.79. The number of methoxy groups -OCH3 is 2. The molecular formula is C17H29ClO2PPd+. The van der Waals surface area contributed by atoms with Gasteiger partial charge in [0.2, 0.25) is 0 Å². The average molecular weight is 438 g/mol. The molecular weight excluding hydrogens is 409 g/mol. The zero-order valence-electron chi connectivity index (χ0n) is 14.9. The van der Waals surface area contributed by atoms with E-state index in [2.05, 4.69) is 81.4 Å². The first kappa shape index (κ1) is 22.2. The third-order valence-electron chi connectivity index (χ3n) is 4.07. The molecule has 0 fully saturated rings. The van der Waals surface area contributed by atoms with Gasteiger partial charge in [-0.3, -0.25) is 0 Å². The molecule has 0 bridgehead atoms. The molecule has 130 valence electrons. The molecule has 0 atom stereocenters. The van der Waals surface area contributed by atoms with Crippen LogP contribution in [0.5, 0.6) is 11.5 Å². The van der Waals surface area contributed by atoms with Crippen molar-refractivity contribution < 1.29 is 27.7 Å². The Kier molecular flexibility index (Phi) is 8.42. The number of rotatable bonds is 3. The second kappa shape index (κ2) is 8.34. The fourth-order valence-corrected chi connectivity index (χ4v) is 7.05. The first-order valence-corrected chi connectivity index (χ1v) is 11.0. The van der Waals surface area contributed by atoms with Gasteiger partial charge in [0.05, 0.1) is 29.8 Å². The summed E-state index contributed by atoms with van der Waals surface area (Å²) in [5.41, 5.74) is 0. The number of halogens is 1.